The quantitative estimate of drug-likeness (QED) is 0.667. The van der Waals surface area contributed by atoms with Gasteiger partial charge in [0.2, 0.25) is 5.91 Å². The van der Waals surface area contributed by atoms with Gasteiger partial charge in [0.15, 0.2) is 9.84 Å². The van der Waals surface area contributed by atoms with Gasteiger partial charge in [-0.2, -0.15) is 16.9 Å². The number of aromatic nitrogens is 4. The van der Waals surface area contributed by atoms with Gasteiger partial charge in [-0.15, -0.1) is 11.8 Å². The summed E-state index contributed by atoms with van der Waals surface area (Å²) in [5.41, 5.74) is 2.91. The molecular formula is C20H27N5O4S3. The highest BCUT2D eigenvalue weighted by atomic mass is 32.2. The number of aryl methyl sites for hydroxylation is 1. The number of fused-ring (bicyclic) bond motifs is 1. The van der Waals surface area contributed by atoms with E-state index in [1.807, 2.05) is 35.0 Å². The second kappa shape index (κ2) is 8.28. The number of hydrogen-bond acceptors (Lipinski definition) is 7. The molecule has 3 aliphatic rings. The van der Waals surface area contributed by atoms with E-state index in [0.717, 1.165) is 41.3 Å². The highest BCUT2D eigenvalue weighted by Crippen LogP contribution is 2.44. The number of hydrogen-bond donors (Lipinski definition) is 2. The lowest BCUT2D eigenvalue weighted by molar-refractivity contribution is -0.113. The standard InChI is InChI=1S/C20H27N5O4S3/c1-11-16(12(2)24(22-11)14-5-8-32(28,29)10-14)18-17-19(21-15(26)9-31-18)25(23-20(17)27)13-3-6-30-7-4-13/h13-14,18H,3-10H2,1-2H3,(H,21,26)(H,23,27)/t14-,18+/m1/s1. The molecule has 174 valence electrons. The molecule has 0 aromatic carbocycles. The van der Waals surface area contributed by atoms with Crippen molar-refractivity contribution in [1.29, 1.82) is 0 Å². The molecule has 2 N–H and O–H groups in total. The number of amides is 1. The van der Waals surface area contributed by atoms with Gasteiger partial charge in [0.1, 0.15) is 5.82 Å². The smallest absolute Gasteiger partial charge is 0.270 e. The Morgan fingerprint density at radius 1 is 1.06 bits per heavy atom. The number of carbonyl (C=O) groups is 1. The Kier molecular flexibility index (Phi) is 5.73. The molecule has 0 aliphatic carbocycles. The molecule has 9 nitrogen and oxygen atoms in total. The van der Waals surface area contributed by atoms with Crippen LogP contribution in [0.4, 0.5) is 5.82 Å². The summed E-state index contributed by atoms with van der Waals surface area (Å²) in [6.07, 6.45) is 2.44. The molecule has 5 rings (SSSR count). The van der Waals surface area contributed by atoms with Crippen LogP contribution in [0.5, 0.6) is 0 Å². The number of sulfone groups is 1. The van der Waals surface area contributed by atoms with Crippen molar-refractivity contribution in [3.05, 3.63) is 32.9 Å². The summed E-state index contributed by atoms with van der Waals surface area (Å²) in [4.78, 5) is 25.8. The molecule has 32 heavy (non-hydrogen) atoms. The Labute approximate surface area is 195 Å². The third-order valence-corrected chi connectivity index (χ3v) is 10.6. The van der Waals surface area contributed by atoms with E-state index in [9.17, 15) is 18.0 Å². The van der Waals surface area contributed by atoms with E-state index >= 15 is 0 Å². The van der Waals surface area contributed by atoms with Crippen LogP contribution in [-0.2, 0) is 14.6 Å². The van der Waals surface area contributed by atoms with Crippen LogP contribution in [0.25, 0.3) is 0 Å². The summed E-state index contributed by atoms with van der Waals surface area (Å²) < 4.78 is 27.7. The van der Waals surface area contributed by atoms with Crippen LogP contribution in [0.2, 0.25) is 0 Å². The average molecular weight is 498 g/mol. The summed E-state index contributed by atoms with van der Waals surface area (Å²) >= 11 is 3.33. The minimum Gasteiger partial charge on any atom is -0.310 e. The molecule has 2 atom stereocenters. The predicted octanol–water partition coefficient (Wildman–Crippen LogP) is 2.19. The molecule has 1 amide bonds. The monoisotopic (exact) mass is 497 g/mol. The minimum absolute atomic E-state index is 0.0914. The number of anilines is 1. The van der Waals surface area contributed by atoms with Crippen LogP contribution in [0.3, 0.4) is 0 Å². The molecule has 0 saturated carbocycles. The van der Waals surface area contributed by atoms with Crippen LogP contribution in [0, 0.1) is 13.8 Å². The SMILES string of the molecule is Cc1nn([C@@H]2CCS(=O)(=O)C2)c(C)c1[C@@H]1SCC(=O)Nc2c1c(=O)[nH]n2C1CCSCC1. The van der Waals surface area contributed by atoms with Gasteiger partial charge < -0.3 is 5.32 Å². The van der Waals surface area contributed by atoms with Crippen LogP contribution in [0.1, 0.15) is 59.1 Å². The number of aromatic amines is 1. The zero-order chi connectivity index (χ0) is 22.6. The van der Waals surface area contributed by atoms with Gasteiger partial charge in [-0.3, -0.25) is 24.1 Å². The van der Waals surface area contributed by atoms with Crippen molar-refractivity contribution in [3.8, 4) is 0 Å². The second-order valence-corrected chi connectivity index (χ2v) is 13.3. The van der Waals surface area contributed by atoms with Gasteiger partial charge >= 0.3 is 0 Å². The van der Waals surface area contributed by atoms with Crippen molar-refractivity contribution in [2.45, 2.75) is 50.4 Å². The van der Waals surface area contributed by atoms with Crippen molar-refractivity contribution in [3.63, 3.8) is 0 Å². The molecule has 2 saturated heterocycles. The number of H-pyrrole nitrogens is 1. The molecule has 5 heterocycles. The Balaban J connectivity index is 1.59. The van der Waals surface area contributed by atoms with E-state index in [2.05, 4.69) is 10.4 Å². The summed E-state index contributed by atoms with van der Waals surface area (Å²) in [5, 5.41) is 10.3. The molecule has 0 bridgehead atoms. The molecule has 12 heteroatoms. The van der Waals surface area contributed by atoms with E-state index in [1.54, 1.807) is 0 Å². The topological polar surface area (TPSA) is 119 Å². The number of nitrogens with one attached hydrogen (secondary N) is 2. The van der Waals surface area contributed by atoms with Gasteiger partial charge in [0.25, 0.3) is 5.56 Å². The Morgan fingerprint density at radius 2 is 1.81 bits per heavy atom. The number of nitrogens with zero attached hydrogens (tertiary/aromatic N) is 3. The van der Waals surface area contributed by atoms with E-state index in [-0.39, 0.29) is 46.1 Å². The zero-order valence-electron chi connectivity index (χ0n) is 18.1. The summed E-state index contributed by atoms with van der Waals surface area (Å²) in [6, 6.07) is -0.0320. The molecular weight excluding hydrogens is 470 g/mol. The Hall–Kier alpha value is -1.66. The Morgan fingerprint density at radius 3 is 2.50 bits per heavy atom. The largest absolute Gasteiger partial charge is 0.310 e. The minimum atomic E-state index is -3.05. The lowest BCUT2D eigenvalue weighted by Crippen LogP contribution is -2.22. The fourth-order valence-electron chi connectivity index (χ4n) is 5.07. The van der Waals surface area contributed by atoms with E-state index < -0.39 is 9.84 Å². The number of carbonyl (C=O) groups excluding carboxylic acids is 1. The maximum Gasteiger partial charge on any atom is 0.270 e. The first kappa shape index (κ1) is 22.1. The first-order valence-electron chi connectivity index (χ1n) is 10.8. The van der Waals surface area contributed by atoms with E-state index in [4.69, 9.17) is 5.10 Å². The van der Waals surface area contributed by atoms with Crippen LogP contribution in [0.15, 0.2) is 4.79 Å². The first-order valence-corrected chi connectivity index (χ1v) is 14.9. The normalized spacial score (nSPS) is 26.0. The van der Waals surface area contributed by atoms with Crippen molar-refractivity contribution >= 4 is 45.1 Å². The van der Waals surface area contributed by atoms with Crippen molar-refractivity contribution in [2.75, 3.05) is 34.1 Å². The van der Waals surface area contributed by atoms with Gasteiger partial charge in [-0.05, 0) is 44.6 Å². The molecule has 2 fully saturated rings. The number of rotatable bonds is 3. The van der Waals surface area contributed by atoms with E-state index in [0.29, 0.717) is 17.8 Å². The lowest BCUT2D eigenvalue weighted by Gasteiger charge is -2.24. The molecule has 0 spiro atoms. The molecule has 0 radical (unpaired) electrons. The molecule has 0 unspecified atom stereocenters. The van der Waals surface area contributed by atoms with Gasteiger partial charge in [0.05, 0.1) is 45.8 Å². The fourth-order valence-corrected chi connectivity index (χ4v) is 9.12. The molecule has 2 aromatic heterocycles. The summed E-state index contributed by atoms with van der Waals surface area (Å²) in [5.74, 6) is 3.01. The van der Waals surface area contributed by atoms with Crippen LogP contribution in [-0.4, -0.2) is 62.7 Å². The Bertz CT molecular complexity index is 1220. The average Bonchev–Trinajstić information content (AvgIpc) is 3.33. The highest BCUT2D eigenvalue weighted by Gasteiger charge is 2.37. The third kappa shape index (κ3) is 3.83. The van der Waals surface area contributed by atoms with Gasteiger partial charge in [-0.25, -0.2) is 8.42 Å². The number of thioether (sulfide) groups is 2. The molecule has 3 aliphatic heterocycles. The fraction of sp³-hybridized carbons (Fsp3) is 0.650. The van der Waals surface area contributed by atoms with Crippen LogP contribution >= 0.6 is 23.5 Å². The second-order valence-electron chi connectivity index (χ2n) is 8.74. The van der Waals surface area contributed by atoms with Gasteiger partial charge in [0, 0.05) is 11.3 Å². The van der Waals surface area contributed by atoms with Crippen molar-refractivity contribution in [2.24, 2.45) is 0 Å². The highest BCUT2D eigenvalue weighted by molar-refractivity contribution is 8.00. The first-order chi connectivity index (χ1) is 15.2. The summed E-state index contributed by atoms with van der Waals surface area (Å²) in [6.45, 7) is 3.83. The van der Waals surface area contributed by atoms with E-state index in [1.165, 1.54) is 11.8 Å². The van der Waals surface area contributed by atoms with Crippen molar-refractivity contribution < 1.29 is 13.2 Å². The lowest BCUT2D eigenvalue weighted by atomic mass is 10.0. The van der Waals surface area contributed by atoms with Crippen LogP contribution < -0.4 is 10.9 Å². The third-order valence-electron chi connectivity index (χ3n) is 6.62. The zero-order valence-corrected chi connectivity index (χ0v) is 20.5. The van der Waals surface area contributed by atoms with Gasteiger partial charge in [-0.1, -0.05) is 0 Å². The summed E-state index contributed by atoms with van der Waals surface area (Å²) in [7, 11) is -3.05. The van der Waals surface area contributed by atoms with Crippen molar-refractivity contribution in [1.82, 2.24) is 19.6 Å². The maximum atomic E-state index is 13.2. The molecule has 2 aromatic rings. The maximum absolute atomic E-state index is 13.2. The predicted molar refractivity (Wildman–Crippen MR) is 128 cm³/mol.